The number of hydrogen-bond acceptors (Lipinski definition) is 4. The molecule has 136 valence electrons. The second-order valence-corrected chi connectivity index (χ2v) is 9.19. The van der Waals surface area contributed by atoms with Crippen molar-refractivity contribution in [2.24, 2.45) is 0 Å². The zero-order valence-electron chi connectivity index (χ0n) is 14.5. The Kier molecular flexibility index (Phi) is 5.81. The molecule has 1 aliphatic rings. The Bertz CT molecular complexity index is 762. The highest BCUT2D eigenvalue weighted by atomic mass is 32.2. The number of ether oxygens (including phenoxy) is 1. The van der Waals surface area contributed by atoms with Crippen LogP contribution in [0.15, 0.2) is 46.0 Å². The zero-order valence-corrected chi connectivity index (χ0v) is 16.2. The maximum Gasteiger partial charge on any atom is 0.240 e. The predicted molar refractivity (Wildman–Crippen MR) is 102 cm³/mol. The van der Waals surface area contributed by atoms with Crippen molar-refractivity contribution in [2.45, 2.75) is 49.3 Å². The molecule has 1 fully saturated rings. The average Bonchev–Trinajstić information content (AvgIpc) is 3.31. The van der Waals surface area contributed by atoms with Crippen LogP contribution in [0, 0.1) is 0 Å². The van der Waals surface area contributed by atoms with Gasteiger partial charge < -0.3 is 4.74 Å². The number of thiophene rings is 1. The maximum atomic E-state index is 12.7. The highest BCUT2D eigenvalue weighted by Gasteiger charge is 2.37. The standard InChI is InChI=1S/C19H25NO3S2/c1-2-12-23-17-5-7-18(8-6-17)25(21,22)20-15-19(10-3-4-11-19)16-9-13-24-14-16/h5-9,13-14,20H,2-4,10-12,15H2,1H3. The van der Waals surface area contributed by atoms with Gasteiger partial charge in [-0.2, -0.15) is 11.3 Å². The van der Waals surface area contributed by atoms with E-state index in [1.54, 1.807) is 35.6 Å². The van der Waals surface area contributed by atoms with Crippen LogP contribution < -0.4 is 9.46 Å². The summed E-state index contributed by atoms with van der Waals surface area (Å²) in [6.07, 6.45) is 5.31. The number of nitrogens with one attached hydrogen (secondary N) is 1. The first-order valence-corrected chi connectivity index (χ1v) is 11.2. The topological polar surface area (TPSA) is 55.4 Å². The van der Waals surface area contributed by atoms with Crippen molar-refractivity contribution < 1.29 is 13.2 Å². The third-order valence-electron chi connectivity index (χ3n) is 4.90. The van der Waals surface area contributed by atoms with Crippen LogP contribution >= 0.6 is 11.3 Å². The van der Waals surface area contributed by atoms with Gasteiger partial charge in [0.2, 0.25) is 10.0 Å². The normalized spacial score (nSPS) is 16.8. The van der Waals surface area contributed by atoms with E-state index in [-0.39, 0.29) is 10.3 Å². The summed E-state index contributed by atoms with van der Waals surface area (Å²) >= 11 is 1.67. The molecule has 1 saturated carbocycles. The Labute approximate surface area is 154 Å². The van der Waals surface area contributed by atoms with Gasteiger partial charge in [-0.25, -0.2) is 13.1 Å². The Morgan fingerprint density at radius 1 is 1.16 bits per heavy atom. The van der Waals surface area contributed by atoms with E-state index in [4.69, 9.17) is 4.74 Å². The molecule has 0 bridgehead atoms. The molecule has 0 atom stereocenters. The molecule has 2 aromatic rings. The summed E-state index contributed by atoms with van der Waals surface area (Å²) in [6, 6.07) is 8.78. The first kappa shape index (κ1) is 18.4. The molecular weight excluding hydrogens is 354 g/mol. The highest BCUT2D eigenvalue weighted by molar-refractivity contribution is 7.89. The number of benzene rings is 1. The predicted octanol–water partition coefficient (Wildman–Crippen LogP) is 4.33. The van der Waals surface area contributed by atoms with Crippen LogP contribution in [0.4, 0.5) is 0 Å². The first-order chi connectivity index (χ1) is 12.1. The smallest absolute Gasteiger partial charge is 0.240 e. The fourth-order valence-corrected chi connectivity index (χ4v) is 5.34. The van der Waals surface area contributed by atoms with Gasteiger partial charge in [-0.1, -0.05) is 19.8 Å². The second kappa shape index (κ2) is 7.89. The van der Waals surface area contributed by atoms with Crippen LogP contribution in [-0.4, -0.2) is 21.6 Å². The Morgan fingerprint density at radius 3 is 2.48 bits per heavy atom. The van der Waals surface area contributed by atoms with Gasteiger partial charge in [0.25, 0.3) is 0 Å². The van der Waals surface area contributed by atoms with Gasteiger partial charge in [0.15, 0.2) is 0 Å². The van der Waals surface area contributed by atoms with E-state index >= 15 is 0 Å². The number of rotatable bonds is 8. The molecule has 3 rings (SSSR count). The molecule has 1 N–H and O–H groups in total. The third-order valence-corrected chi connectivity index (χ3v) is 7.00. The van der Waals surface area contributed by atoms with E-state index in [1.165, 1.54) is 5.56 Å². The first-order valence-electron chi connectivity index (χ1n) is 8.81. The summed E-state index contributed by atoms with van der Waals surface area (Å²) in [5.74, 6) is 0.700. The van der Waals surface area contributed by atoms with Crippen molar-refractivity contribution in [2.75, 3.05) is 13.2 Å². The lowest BCUT2D eigenvalue weighted by Gasteiger charge is -2.28. The number of sulfonamides is 1. The van der Waals surface area contributed by atoms with E-state index in [2.05, 4.69) is 21.5 Å². The van der Waals surface area contributed by atoms with Crippen molar-refractivity contribution >= 4 is 21.4 Å². The summed E-state index contributed by atoms with van der Waals surface area (Å²) in [5.41, 5.74) is 1.21. The molecule has 0 saturated heterocycles. The van der Waals surface area contributed by atoms with Crippen molar-refractivity contribution in [3.63, 3.8) is 0 Å². The summed E-state index contributed by atoms with van der Waals surface area (Å²) in [4.78, 5) is 0.287. The lowest BCUT2D eigenvalue weighted by molar-refractivity contribution is 0.317. The summed E-state index contributed by atoms with van der Waals surface area (Å²) < 4.78 is 33.7. The lowest BCUT2D eigenvalue weighted by Crippen LogP contribution is -2.38. The fraction of sp³-hybridized carbons (Fsp3) is 0.474. The minimum Gasteiger partial charge on any atom is -0.494 e. The Hall–Kier alpha value is -1.37. The van der Waals surface area contributed by atoms with Gasteiger partial charge in [0.1, 0.15) is 5.75 Å². The molecule has 1 aromatic carbocycles. The second-order valence-electron chi connectivity index (χ2n) is 6.64. The molecule has 1 aromatic heterocycles. The molecule has 0 aliphatic heterocycles. The summed E-state index contributed by atoms with van der Waals surface area (Å²) in [6.45, 7) is 3.13. The van der Waals surface area contributed by atoms with Crippen LogP contribution in [0.2, 0.25) is 0 Å². The third kappa shape index (κ3) is 4.25. The van der Waals surface area contributed by atoms with Gasteiger partial charge in [0.05, 0.1) is 11.5 Å². The molecule has 1 aliphatic carbocycles. The molecule has 0 spiro atoms. The molecule has 25 heavy (non-hydrogen) atoms. The largest absolute Gasteiger partial charge is 0.494 e. The van der Waals surface area contributed by atoms with Gasteiger partial charge in [-0.15, -0.1) is 0 Å². The SMILES string of the molecule is CCCOc1ccc(S(=O)(=O)NCC2(c3ccsc3)CCCC2)cc1. The van der Waals surface area contributed by atoms with Crippen molar-refractivity contribution in [1.29, 1.82) is 0 Å². The van der Waals surface area contributed by atoms with E-state index in [1.807, 2.05) is 6.92 Å². The molecule has 0 radical (unpaired) electrons. The van der Waals surface area contributed by atoms with Crippen molar-refractivity contribution in [3.05, 3.63) is 46.7 Å². The van der Waals surface area contributed by atoms with Gasteiger partial charge in [0, 0.05) is 12.0 Å². The van der Waals surface area contributed by atoms with Crippen molar-refractivity contribution in [3.8, 4) is 5.75 Å². The minimum absolute atomic E-state index is 0.0583. The van der Waals surface area contributed by atoms with Crippen LogP contribution in [0.25, 0.3) is 0 Å². The van der Waals surface area contributed by atoms with Crippen LogP contribution in [0.1, 0.15) is 44.6 Å². The van der Waals surface area contributed by atoms with Gasteiger partial charge in [-0.05, 0) is 65.9 Å². The van der Waals surface area contributed by atoms with Crippen molar-refractivity contribution in [1.82, 2.24) is 4.72 Å². The highest BCUT2D eigenvalue weighted by Crippen LogP contribution is 2.41. The Balaban J connectivity index is 1.70. The summed E-state index contributed by atoms with van der Waals surface area (Å²) in [7, 11) is -3.52. The van der Waals surface area contributed by atoms with Crippen LogP contribution in [0.5, 0.6) is 5.75 Å². The fourth-order valence-electron chi connectivity index (χ4n) is 3.44. The van der Waals surface area contributed by atoms with E-state index < -0.39 is 10.0 Å². The summed E-state index contributed by atoms with van der Waals surface area (Å²) in [5, 5.41) is 4.22. The molecule has 1 heterocycles. The van der Waals surface area contributed by atoms with E-state index in [9.17, 15) is 8.42 Å². The molecule has 0 unspecified atom stereocenters. The maximum absolute atomic E-state index is 12.7. The van der Waals surface area contributed by atoms with Gasteiger partial charge >= 0.3 is 0 Å². The molecule has 4 nitrogen and oxygen atoms in total. The monoisotopic (exact) mass is 379 g/mol. The van der Waals surface area contributed by atoms with Crippen LogP contribution in [-0.2, 0) is 15.4 Å². The average molecular weight is 380 g/mol. The lowest BCUT2D eigenvalue weighted by atomic mass is 9.81. The quantitative estimate of drug-likeness (QED) is 0.743. The van der Waals surface area contributed by atoms with Gasteiger partial charge in [-0.3, -0.25) is 0 Å². The van der Waals surface area contributed by atoms with E-state index in [0.29, 0.717) is 18.9 Å². The van der Waals surface area contributed by atoms with Crippen LogP contribution in [0.3, 0.4) is 0 Å². The Morgan fingerprint density at radius 2 is 1.88 bits per heavy atom. The molecule has 6 heteroatoms. The molecule has 0 amide bonds. The molecular formula is C19H25NO3S2. The zero-order chi connectivity index (χ0) is 17.8. The van der Waals surface area contributed by atoms with E-state index in [0.717, 1.165) is 32.1 Å². The minimum atomic E-state index is -3.52. The number of hydrogen-bond donors (Lipinski definition) is 1.